The van der Waals surface area contributed by atoms with Gasteiger partial charge in [-0.05, 0) is 50.1 Å². The van der Waals surface area contributed by atoms with Crippen LogP contribution in [0.5, 0.6) is 0 Å². The van der Waals surface area contributed by atoms with E-state index >= 15 is 0 Å². The molecule has 2 nitrogen and oxygen atoms in total. The predicted molar refractivity (Wildman–Crippen MR) is 99.1 cm³/mol. The predicted octanol–water partition coefficient (Wildman–Crippen LogP) is 5.40. The maximum Gasteiger partial charge on any atom is 0.233 e. The summed E-state index contributed by atoms with van der Waals surface area (Å²) < 4.78 is 0. The quantitative estimate of drug-likeness (QED) is 0.709. The van der Waals surface area contributed by atoms with Crippen molar-refractivity contribution in [3.8, 4) is 0 Å². The molecule has 0 aliphatic carbocycles. The van der Waals surface area contributed by atoms with Gasteiger partial charge in [-0.3, -0.25) is 4.79 Å². The van der Waals surface area contributed by atoms with E-state index in [9.17, 15) is 4.79 Å². The Morgan fingerprint density at radius 2 is 1.74 bits per heavy atom. The van der Waals surface area contributed by atoms with Crippen molar-refractivity contribution in [1.29, 1.82) is 0 Å². The lowest BCUT2D eigenvalue weighted by Gasteiger charge is -2.20. The van der Waals surface area contributed by atoms with Crippen LogP contribution in [-0.2, 0) is 4.79 Å². The van der Waals surface area contributed by atoms with Crippen molar-refractivity contribution < 1.29 is 4.79 Å². The monoisotopic (exact) mass is 347 g/mol. The number of carbonyl (C=O) groups is 1. The number of rotatable bonds is 6. The summed E-state index contributed by atoms with van der Waals surface area (Å²) in [6.45, 7) is 6.08. The molecule has 0 saturated heterocycles. The van der Waals surface area contributed by atoms with E-state index in [1.165, 1.54) is 17.3 Å². The second kappa shape index (κ2) is 8.42. The van der Waals surface area contributed by atoms with Gasteiger partial charge in [0.05, 0.1) is 11.3 Å². The van der Waals surface area contributed by atoms with Crippen LogP contribution in [0.4, 0.5) is 0 Å². The van der Waals surface area contributed by atoms with Crippen molar-refractivity contribution >= 4 is 29.3 Å². The largest absolute Gasteiger partial charge is 0.348 e. The fourth-order valence-corrected chi connectivity index (χ4v) is 3.28. The fraction of sp³-hybridized carbons (Fsp3) is 0.316. The van der Waals surface area contributed by atoms with Crippen molar-refractivity contribution in [2.24, 2.45) is 0 Å². The van der Waals surface area contributed by atoms with E-state index in [2.05, 4.69) is 43.4 Å². The van der Waals surface area contributed by atoms with Crippen LogP contribution in [0.15, 0.2) is 53.4 Å². The van der Waals surface area contributed by atoms with Crippen LogP contribution >= 0.6 is 23.4 Å². The number of amides is 1. The molecule has 2 aromatic carbocycles. The standard InChI is InChI=1S/C19H22ClNOS/c1-4-18(15-7-5-13(2)6-8-15)21-19(22)14(3)23-17-11-9-16(20)10-12-17/h5-12,14,18H,4H2,1-3H3,(H,21,22)/t14-,18-/m1/s1. The first-order valence-electron chi connectivity index (χ1n) is 7.78. The van der Waals surface area contributed by atoms with E-state index in [0.29, 0.717) is 5.02 Å². The summed E-state index contributed by atoms with van der Waals surface area (Å²) in [5.41, 5.74) is 2.37. The second-order valence-electron chi connectivity index (χ2n) is 5.59. The highest BCUT2D eigenvalue weighted by Gasteiger charge is 2.18. The molecule has 0 aliphatic rings. The lowest BCUT2D eigenvalue weighted by Crippen LogP contribution is -2.34. The van der Waals surface area contributed by atoms with Crippen LogP contribution < -0.4 is 5.32 Å². The Hall–Kier alpha value is -1.45. The summed E-state index contributed by atoms with van der Waals surface area (Å²) in [7, 11) is 0. The zero-order valence-electron chi connectivity index (χ0n) is 13.7. The lowest BCUT2D eigenvalue weighted by atomic mass is 10.0. The molecule has 23 heavy (non-hydrogen) atoms. The molecule has 0 radical (unpaired) electrons. The molecular formula is C19H22ClNOS. The average Bonchev–Trinajstić information content (AvgIpc) is 2.55. The number of thioether (sulfide) groups is 1. The van der Waals surface area contributed by atoms with Gasteiger partial charge < -0.3 is 5.32 Å². The molecular weight excluding hydrogens is 326 g/mol. The van der Waals surface area contributed by atoms with Gasteiger partial charge in [0.1, 0.15) is 0 Å². The molecule has 0 fully saturated rings. The zero-order valence-corrected chi connectivity index (χ0v) is 15.2. The summed E-state index contributed by atoms with van der Waals surface area (Å²) in [4.78, 5) is 13.5. The first-order valence-corrected chi connectivity index (χ1v) is 9.04. The zero-order chi connectivity index (χ0) is 16.8. The Balaban J connectivity index is 1.98. The van der Waals surface area contributed by atoms with E-state index in [-0.39, 0.29) is 17.2 Å². The molecule has 0 spiro atoms. The summed E-state index contributed by atoms with van der Waals surface area (Å²) >= 11 is 7.43. The fourth-order valence-electron chi connectivity index (χ4n) is 2.28. The minimum absolute atomic E-state index is 0.0522. The van der Waals surface area contributed by atoms with Crippen LogP contribution in [-0.4, -0.2) is 11.2 Å². The van der Waals surface area contributed by atoms with Crippen LogP contribution in [0.2, 0.25) is 5.02 Å². The maximum atomic E-state index is 12.5. The van der Waals surface area contributed by atoms with Crippen molar-refractivity contribution in [3.63, 3.8) is 0 Å². The third-order valence-corrected chi connectivity index (χ3v) is 5.06. The van der Waals surface area contributed by atoms with E-state index in [1.54, 1.807) is 0 Å². The molecule has 0 heterocycles. The van der Waals surface area contributed by atoms with Crippen LogP contribution in [0.1, 0.15) is 37.4 Å². The Bertz CT molecular complexity index is 639. The van der Waals surface area contributed by atoms with Crippen molar-refractivity contribution in [1.82, 2.24) is 5.32 Å². The minimum atomic E-state index is -0.157. The SMILES string of the molecule is CC[C@@H](NC(=O)[C@@H](C)Sc1ccc(Cl)cc1)c1ccc(C)cc1. The molecule has 0 aromatic heterocycles. The van der Waals surface area contributed by atoms with E-state index < -0.39 is 0 Å². The Labute approximate surface area is 147 Å². The van der Waals surface area contributed by atoms with Gasteiger partial charge in [0.25, 0.3) is 0 Å². The number of carbonyl (C=O) groups excluding carboxylic acids is 1. The summed E-state index contributed by atoms with van der Waals surface area (Å²) in [6.07, 6.45) is 0.868. The van der Waals surface area contributed by atoms with Gasteiger partial charge in [-0.15, -0.1) is 11.8 Å². The number of nitrogens with one attached hydrogen (secondary N) is 1. The summed E-state index contributed by atoms with van der Waals surface area (Å²) in [6, 6.07) is 15.9. The Morgan fingerprint density at radius 3 is 2.30 bits per heavy atom. The first kappa shape index (κ1) is 17.9. The number of hydrogen-bond donors (Lipinski definition) is 1. The number of benzene rings is 2. The van der Waals surface area contributed by atoms with Crippen molar-refractivity contribution in [2.75, 3.05) is 0 Å². The Morgan fingerprint density at radius 1 is 1.13 bits per heavy atom. The highest BCUT2D eigenvalue weighted by atomic mass is 35.5. The van der Waals surface area contributed by atoms with E-state index in [4.69, 9.17) is 11.6 Å². The van der Waals surface area contributed by atoms with E-state index in [1.807, 2.05) is 31.2 Å². The minimum Gasteiger partial charge on any atom is -0.348 e. The molecule has 2 aromatic rings. The molecule has 122 valence electrons. The second-order valence-corrected chi connectivity index (χ2v) is 7.44. The van der Waals surface area contributed by atoms with Gasteiger partial charge in [0.2, 0.25) is 5.91 Å². The highest BCUT2D eigenvalue weighted by molar-refractivity contribution is 8.00. The van der Waals surface area contributed by atoms with Gasteiger partial charge in [0.15, 0.2) is 0 Å². The van der Waals surface area contributed by atoms with E-state index in [0.717, 1.165) is 16.9 Å². The van der Waals surface area contributed by atoms with Crippen molar-refractivity contribution in [2.45, 2.75) is 43.4 Å². The number of hydrogen-bond acceptors (Lipinski definition) is 2. The third-order valence-electron chi connectivity index (χ3n) is 3.70. The van der Waals surface area contributed by atoms with Gasteiger partial charge in [-0.2, -0.15) is 0 Å². The molecule has 2 atom stereocenters. The molecule has 0 bridgehead atoms. The molecule has 1 amide bonds. The molecule has 4 heteroatoms. The third kappa shape index (κ3) is 5.29. The first-order chi connectivity index (χ1) is 11.0. The highest BCUT2D eigenvalue weighted by Crippen LogP contribution is 2.26. The topological polar surface area (TPSA) is 29.1 Å². The normalized spacial score (nSPS) is 13.4. The van der Waals surface area contributed by atoms with Crippen molar-refractivity contribution in [3.05, 3.63) is 64.7 Å². The summed E-state index contributed by atoms with van der Waals surface area (Å²) in [5.74, 6) is 0.0531. The molecule has 2 rings (SSSR count). The number of aryl methyl sites for hydroxylation is 1. The van der Waals surface area contributed by atoms with Gasteiger partial charge >= 0.3 is 0 Å². The van der Waals surface area contributed by atoms with Crippen LogP contribution in [0.3, 0.4) is 0 Å². The van der Waals surface area contributed by atoms with Gasteiger partial charge in [-0.25, -0.2) is 0 Å². The molecule has 0 saturated carbocycles. The Kier molecular flexibility index (Phi) is 6.55. The smallest absolute Gasteiger partial charge is 0.233 e. The lowest BCUT2D eigenvalue weighted by molar-refractivity contribution is -0.121. The van der Waals surface area contributed by atoms with Crippen LogP contribution in [0.25, 0.3) is 0 Å². The molecule has 0 aliphatic heterocycles. The number of halogens is 1. The molecule has 0 unspecified atom stereocenters. The van der Waals surface area contributed by atoms with Crippen LogP contribution in [0, 0.1) is 6.92 Å². The average molecular weight is 348 g/mol. The summed E-state index contributed by atoms with van der Waals surface area (Å²) in [5, 5.41) is 3.70. The molecule has 1 N–H and O–H groups in total. The van der Waals surface area contributed by atoms with Gasteiger partial charge in [-0.1, -0.05) is 48.4 Å². The maximum absolute atomic E-state index is 12.5. The van der Waals surface area contributed by atoms with Gasteiger partial charge in [0, 0.05) is 9.92 Å².